The van der Waals surface area contributed by atoms with Crippen molar-refractivity contribution in [2.24, 2.45) is 0 Å². The van der Waals surface area contributed by atoms with Crippen LogP contribution in [0.3, 0.4) is 0 Å². The fourth-order valence-electron chi connectivity index (χ4n) is 1.16. The van der Waals surface area contributed by atoms with E-state index in [0.29, 0.717) is 5.69 Å². The van der Waals surface area contributed by atoms with Gasteiger partial charge in [0.1, 0.15) is 18.1 Å². The molecule has 0 aliphatic carbocycles. The predicted octanol–water partition coefficient (Wildman–Crippen LogP) is 2.99. The molecule has 2 aromatic rings. The second kappa shape index (κ2) is 5.05. The number of halogens is 3. The van der Waals surface area contributed by atoms with Crippen LogP contribution in [0.1, 0.15) is 5.69 Å². The monoisotopic (exact) mass is 256 g/mol. The summed E-state index contributed by atoms with van der Waals surface area (Å²) in [7, 11) is 0. The summed E-state index contributed by atoms with van der Waals surface area (Å²) >= 11 is 5.56. The molecule has 0 atom stereocenters. The number of ether oxygens (including phenoxy) is 1. The Morgan fingerprint density at radius 1 is 1.12 bits per heavy atom. The van der Waals surface area contributed by atoms with Gasteiger partial charge in [0, 0.05) is 6.07 Å². The van der Waals surface area contributed by atoms with Crippen LogP contribution in [0.2, 0.25) is 5.15 Å². The molecule has 1 aromatic heterocycles. The number of nitrogens with zero attached hydrogens (tertiary/aromatic N) is 2. The van der Waals surface area contributed by atoms with Gasteiger partial charge in [-0.2, -0.15) is 5.10 Å². The van der Waals surface area contributed by atoms with Gasteiger partial charge in [0.05, 0.1) is 0 Å². The minimum absolute atomic E-state index is 0.0344. The maximum absolute atomic E-state index is 13.2. The van der Waals surface area contributed by atoms with Crippen molar-refractivity contribution in [3.8, 4) is 5.75 Å². The first-order valence-electron chi connectivity index (χ1n) is 4.71. The molecular weight excluding hydrogens is 250 g/mol. The average molecular weight is 257 g/mol. The number of hydrogen-bond donors (Lipinski definition) is 0. The molecule has 2 rings (SSSR count). The highest BCUT2D eigenvalue weighted by molar-refractivity contribution is 6.29. The number of hydrogen-bond acceptors (Lipinski definition) is 3. The molecule has 0 spiro atoms. The lowest BCUT2D eigenvalue weighted by molar-refractivity contribution is 0.283. The van der Waals surface area contributed by atoms with Crippen molar-refractivity contribution < 1.29 is 13.5 Å². The zero-order valence-corrected chi connectivity index (χ0v) is 9.29. The number of benzene rings is 1. The van der Waals surface area contributed by atoms with E-state index in [4.69, 9.17) is 16.3 Å². The first-order valence-corrected chi connectivity index (χ1v) is 5.09. The average Bonchev–Trinajstić information content (AvgIpc) is 2.30. The Labute approximate surface area is 101 Å². The summed E-state index contributed by atoms with van der Waals surface area (Å²) in [4.78, 5) is 0. The van der Waals surface area contributed by atoms with Gasteiger partial charge in [-0.3, -0.25) is 0 Å². The molecule has 0 saturated carbocycles. The Balaban J connectivity index is 2.04. The standard InChI is InChI=1S/C11H7ClF2N2O/c12-11-4-2-8(15-16-11)6-17-10-3-1-7(13)5-9(10)14/h1-5H,6H2. The first kappa shape index (κ1) is 11.7. The van der Waals surface area contributed by atoms with Gasteiger partial charge in [-0.05, 0) is 24.3 Å². The van der Waals surface area contributed by atoms with Crippen LogP contribution in [0.5, 0.6) is 5.75 Å². The highest BCUT2D eigenvalue weighted by Crippen LogP contribution is 2.18. The van der Waals surface area contributed by atoms with Gasteiger partial charge in [0.15, 0.2) is 16.7 Å². The van der Waals surface area contributed by atoms with Crippen LogP contribution < -0.4 is 4.74 Å². The quantitative estimate of drug-likeness (QED) is 0.847. The van der Waals surface area contributed by atoms with Gasteiger partial charge in [0.25, 0.3) is 0 Å². The molecule has 1 heterocycles. The van der Waals surface area contributed by atoms with Crippen molar-refractivity contribution in [1.82, 2.24) is 10.2 Å². The number of rotatable bonds is 3. The second-order valence-electron chi connectivity index (χ2n) is 3.21. The van der Waals surface area contributed by atoms with E-state index >= 15 is 0 Å². The zero-order chi connectivity index (χ0) is 12.3. The Hall–Kier alpha value is -1.75. The first-order chi connectivity index (χ1) is 8.15. The molecule has 0 aliphatic rings. The van der Waals surface area contributed by atoms with E-state index in [-0.39, 0.29) is 17.5 Å². The summed E-state index contributed by atoms with van der Waals surface area (Å²) in [6, 6.07) is 6.24. The molecule has 0 fully saturated rings. The van der Waals surface area contributed by atoms with Crippen molar-refractivity contribution in [3.63, 3.8) is 0 Å². The molecule has 88 valence electrons. The van der Waals surface area contributed by atoms with E-state index < -0.39 is 11.6 Å². The molecule has 0 unspecified atom stereocenters. The Bertz CT molecular complexity index is 519. The van der Waals surface area contributed by atoms with Gasteiger partial charge < -0.3 is 4.74 Å². The van der Waals surface area contributed by atoms with Gasteiger partial charge in [-0.15, -0.1) is 5.10 Å². The van der Waals surface area contributed by atoms with E-state index in [9.17, 15) is 8.78 Å². The molecule has 0 aliphatic heterocycles. The van der Waals surface area contributed by atoms with Crippen LogP contribution in [0.15, 0.2) is 30.3 Å². The third kappa shape index (κ3) is 3.10. The van der Waals surface area contributed by atoms with Crippen LogP contribution >= 0.6 is 11.6 Å². The van der Waals surface area contributed by atoms with Crippen LogP contribution in [0.25, 0.3) is 0 Å². The highest BCUT2D eigenvalue weighted by atomic mass is 35.5. The summed E-state index contributed by atoms with van der Waals surface area (Å²) in [5.41, 5.74) is 0.498. The lowest BCUT2D eigenvalue weighted by Crippen LogP contribution is -2.01. The molecule has 17 heavy (non-hydrogen) atoms. The largest absolute Gasteiger partial charge is 0.484 e. The lowest BCUT2D eigenvalue weighted by Gasteiger charge is -2.06. The topological polar surface area (TPSA) is 35.0 Å². The van der Waals surface area contributed by atoms with E-state index in [1.807, 2.05) is 0 Å². The van der Waals surface area contributed by atoms with Gasteiger partial charge >= 0.3 is 0 Å². The van der Waals surface area contributed by atoms with Crippen molar-refractivity contribution in [2.45, 2.75) is 6.61 Å². The maximum Gasteiger partial charge on any atom is 0.167 e. The van der Waals surface area contributed by atoms with E-state index in [0.717, 1.165) is 12.1 Å². The summed E-state index contributed by atoms with van der Waals surface area (Å²) in [5, 5.41) is 7.61. The molecule has 6 heteroatoms. The molecule has 0 radical (unpaired) electrons. The predicted molar refractivity (Wildman–Crippen MR) is 57.7 cm³/mol. The lowest BCUT2D eigenvalue weighted by atomic mass is 10.3. The Kier molecular flexibility index (Phi) is 3.49. The van der Waals surface area contributed by atoms with Crippen LogP contribution in [0, 0.1) is 11.6 Å². The minimum atomic E-state index is -0.757. The van der Waals surface area contributed by atoms with Crippen molar-refractivity contribution in [3.05, 3.63) is 52.8 Å². The minimum Gasteiger partial charge on any atom is -0.484 e. The van der Waals surface area contributed by atoms with Gasteiger partial charge in [-0.1, -0.05) is 11.6 Å². The van der Waals surface area contributed by atoms with Gasteiger partial charge in [-0.25, -0.2) is 8.78 Å². The fourth-order valence-corrected chi connectivity index (χ4v) is 1.27. The smallest absolute Gasteiger partial charge is 0.167 e. The highest BCUT2D eigenvalue weighted by Gasteiger charge is 2.05. The molecule has 0 saturated heterocycles. The van der Waals surface area contributed by atoms with Crippen molar-refractivity contribution in [1.29, 1.82) is 0 Å². The summed E-state index contributed by atoms with van der Waals surface area (Å²) in [6.07, 6.45) is 0. The molecular formula is C11H7ClF2N2O. The zero-order valence-electron chi connectivity index (χ0n) is 8.53. The molecule has 0 amide bonds. The number of aromatic nitrogens is 2. The second-order valence-corrected chi connectivity index (χ2v) is 3.60. The molecule has 0 bridgehead atoms. The molecule has 3 nitrogen and oxygen atoms in total. The fraction of sp³-hybridized carbons (Fsp3) is 0.0909. The third-order valence-corrected chi connectivity index (χ3v) is 2.16. The normalized spacial score (nSPS) is 10.3. The maximum atomic E-state index is 13.2. The van der Waals surface area contributed by atoms with E-state index in [1.165, 1.54) is 6.07 Å². The molecule has 0 N–H and O–H groups in total. The van der Waals surface area contributed by atoms with Crippen molar-refractivity contribution in [2.75, 3.05) is 0 Å². The molecule has 1 aromatic carbocycles. The Morgan fingerprint density at radius 2 is 1.94 bits per heavy atom. The third-order valence-electron chi connectivity index (χ3n) is 1.96. The van der Waals surface area contributed by atoms with Crippen LogP contribution in [0.4, 0.5) is 8.78 Å². The van der Waals surface area contributed by atoms with E-state index in [1.54, 1.807) is 12.1 Å². The summed E-state index contributed by atoms with van der Waals surface area (Å²) < 4.78 is 30.9. The summed E-state index contributed by atoms with van der Waals surface area (Å²) in [5.74, 6) is -1.45. The van der Waals surface area contributed by atoms with Gasteiger partial charge in [0.2, 0.25) is 0 Å². The Morgan fingerprint density at radius 3 is 2.59 bits per heavy atom. The summed E-state index contributed by atoms with van der Waals surface area (Å²) in [6.45, 7) is 0.0344. The van der Waals surface area contributed by atoms with E-state index in [2.05, 4.69) is 10.2 Å². The van der Waals surface area contributed by atoms with Crippen LogP contribution in [-0.2, 0) is 6.61 Å². The van der Waals surface area contributed by atoms with Crippen molar-refractivity contribution >= 4 is 11.6 Å². The van der Waals surface area contributed by atoms with Crippen LogP contribution in [-0.4, -0.2) is 10.2 Å². The SMILES string of the molecule is Fc1ccc(OCc2ccc(Cl)nn2)c(F)c1.